The van der Waals surface area contributed by atoms with Gasteiger partial charge in [-0.15, -0.1) is 11.3 Å². The number of aromatic nitrogens is 1. The van der Waals surface area contributed by atoms with Crippen molar-refractivity contribution in [2.45, 2.75) is 32.2 Å². The highest BCUT2D eigenvalue weighted by Gasteiger charge is 2.28. The molecular formula is C17H21N3O2S. The normalized spacial score (nSPS) is 20.5. The van der Waals surface area contributed by atoms with E-state index in [4.69, 9.17) is 10.5 Å². The van der Waals surface area contributed by atoms with Crippen LogP contribution in [0.4, 0.5) is 5.13 Å². The number of ether oxygens (including phenoxy) is 1. The van der Waals surface area contributed by atoms with Crippen molar-refractivity contribution in [3.8, 4) is 17.0 Å². The number of amides is 1. The summed E-state index contributed by atoms with van der Waals surface area (Å²) >= 11 is 1.43. The molecular weight excluding hydrogens is 310 g/mol. The molecule has 2 aromatic rings. The summed E-state index contributed by atoms with van der Waals surface area (Å²) < 4.78 is 5.40. The predicted molar refractivity (Wildman–Crippen MR) is 92.8 cm³/mol. The summed E-state index contributed by atoms with van der Waals surface area (Å²) in [6.07, 6.45) is 2.54. The molecule has 1 aromatic carbocycles. The number of carbonyl (C=O) groups is 1. The molecule has 1 aliphatic rings. The van der Waals surface area contributed by atoms with E-state index in [2.05, 4.69) is 10.3 Å². The van der Waals surface area contributed by atoms with Gasteiger partial charge in [0, 0.05) is 22.9 Å². The minimum absolute atomic E-state index is 0.00542. The molecule has 0 radical (unpaired) electrons. The van der Waals surface area contributed by atoms with Crippen LogP contribution in [0.1, 0.15) is 24.8 Å². The third kappa shape index (κ3) is 3.54. The highest BCUT2D eigenvalue weighted by atomic mass is 32.1. The number of rotatable bonds is 4. The van der Waals surface area contributed by atoms with Crippen molar-refractivity contribution in [1.29, 1.82) is 0 Å². The third-order valence-electron chi connectivity index (χ3n) is 4.21. The molecule has 2 atom stereocenters. The smallest absolute Gasteiger partial charge is 0.229 e. The van der Waals surface area contributed by atoms with Crippen molar-refractivity contribution in [3.05, 3.63) is 29.1 Å². The molecule has 23 heavy (non-hydrogen) atoms. The number of methoxy groups -OCH3 is 1. The molecule has 3 N–H and O–H groups in total. The summed E-state index contributed by atoms with van der Waals surface area (Å²) in [5.74, 6) is 0.807. The van der Waals surface area contributed by atoms with Gasteiger partial charge in [-0.2, -0.15) is 0 Å². The maximum atomic E-state index is 12.3. The summed E-state index contributed by atoms with van der Waals surface area (Å²) in [5.41, 5.74) is 8.76. The number of benzene rings is 1. The van der Waals surface area contributed by atoms with Gasteiger partial charge >= 0.3 is 0 Å². The van der Waals surface area contributed by atoms with Gasteiger partial charge in [-0.3, -0.25) is 4.79 Å². The molecule has 1 fully saturated rings. The largest absolute Gasteiger partial charge is 0.496 e. The van der Waals surface area contributed by atoms with Gasteiger partial charge in [0.1, 0.15) is 5.75 Å². The average Bonchev–Trinajstić information content (AvgIpc) is 3.16. The van der Waals surface area contributed by atoms with E-state index in [1.165, 1.54) is 11.3 Å². The number of thiazole rings is 1. The first kappa shape index (κ1) is 16.0. The second-order valence-electron chi connectivity index (χ2n) is 6.00. The Morgan fingerprint density at radius 2 is 2.26 bits per heavy atom. The number of aryl methyl sites for hydroxylation is 1. The summed E-state index contributed by atoms with van der Waals surface area (Å²) in [5, 5.41) is 5.48. The first-order chi connectivity index (χ1) is 11.1. The molecule has 0 saturated heterocycles. The Hall–Kier alpha value is -1.92. The van der Waals surface area contributed by atoms with Crippen molar-refractivity contribution in [3.63, 3.8) is 0 Å². The maximum absolute atomic E-state index is 12.3. The SMILES string of the molecule is COc1ccc(C)cc1-c1csc(NC(=O)C2CCC(N)C2)n1. The van der Waals surface area contributed by atoms with Gasteiger partial charge in [0.25, 0.3) is 0 Å². The summed E-state index contributed by atoms with van der Waals surface area (Å²) in [6.45, 7) is 2.03. The molecule has 0 spiro atoms. The lowest BCUT2D eigenvalue weighted by Gasteiger charge is -2.09. The van der Waals surface area contributed by atoms with E-state index < -0.39 is 0 Å². The lowest BCUT2D eigenvalue weighted by atomic mass is 10.1. The molecule has 1 aliphatic carbocycles. The molecule has 1 saturated carbocycles. The summed E-state index contributed by atoms with van der Waals surface area (Å²) in [6, 6.07) is 6.12. The number of nitrogens with two attached hydrogens (primary N) is 1. The molecule has 0 aliphatic heterocycles. The Balaban J connectivity index is 1.76. The average molecular weight is 331 g/mol. The first-order valence-corrected chi connectivity index (χ1v) is 8.61. The van der Waals surface area contributed by atoms with Crippen LogP contribution in [0.3, 0.4) is 0 Å². The van der Waals surface area contributed by atoms with E-state index in [1.807, 2.05) is 30.5 Å². The fourth-order valence-corrected chi connectivity index (χ4v) is 3.65. The van der Waals surface area contributed by atoms with Crippen LogP contribution in [0, 0.1) is 12.8 Å². The first-order valence-electron chi connectivity index (χ1n) is 7.74. The maximum Gasteiger partial charge on any atom is 0.229 e. The molecule has 2 unspecified atom stereocenters. The second kappa shape index (κ2) is 6.68. The topological polar surface area (TPSA) is 77.2 Å². The molecule has 6 heteroatoms. The van der Waals surface area contributed by atoms with Gasteiger partial charge in [0.15, 0.2) is 5.13 Å². The van der Waals surface area contributed by atoms with Crippen molar-refractivity contribution in [2.75, 3.05) is 12.4 Å². The number of nitrogens with one attached hydrogen (secondary N) is 1. The van der Waals surface area contributed by atoms with Gasteiger partial charge in [-0.25, -0.2) is 4.98 Å². The number of nitrogens with zero attached hydrogens (tertiary/aromatic N) is 1. The van der Waals surface area contributed by atoms with Crippen molar-refractivity contribution in [1.82, 2.24) is 4.98 Å². The Kier molecular flexibility index (Phi) is 4.63. The molecule has 3 rings (SSSR count). The standard InChI is InChI=1S/C17H21N3O2S/c1-10-3-6-15(22-2)13(7-10)14-9-23-17(19-14)20-16(21)11-4-5-12(18)8-11/h3,6-7,9,11-12H,4-5,8,18H2,1-2H3,(H,19,20,21). The summed E-state index contributed by atoms with van der Waals surface area (Å²) in [4.78, 5) is 16.8. The highest BCUT2D eigenvalue weighted by molar-refractivity contribution is 7.14. The van der Waals surface area contributed by atoms with E-state index >= 15 is 0 Å². The van der Waals surface area contributed by atoms with Crippen LogP contribution < -0.4 is 15.8 Å². The van der Waals surface area contributed by atoms with Gasteiger partial charge in [-0.1, -0.05) is 11.6 Å². The van der Waals surface area contributed by atoms with E-state index in [9.17, 15) is 4.79 Å². The van der Waals surface area contributed by atoms with Crippen LogP contribution in [-0.4, -0.2) is 24.0 Å². The highest BCUT2D eigenvalue weighted by Crippen LogP contribution is 2.33. The van der Waals surface area contributed by atoms with Crippen LogP contribution in [0.15, 0.2) is 23.6 Å². The number of hydrogen-bond acceptors (Lipinski definition) is 5. The molecule has 5 nitrogen and oxygen atoms in total. The van der Waals surface area contributed by atoms with E-state index in [0.29, 0.717) is 5.13 Å². The lowest BCUT2D eigenvalue weighted by Crippen LogP contribution is -2.23. The number of anilines is 1. The van der Waals surface area contributed by atoms with E-state index in [1.54, 1.807) is 7.11 Å². The van der Waals surface area contributed by atoms with Crippen molar-refractivity contribution < 1.29 is 9.53 Å². The lowest BCUT2D eigenvalue weighted by molar-refractivity contribution is -0.119. The Bertz CT molecular complexity index is 714. The van der Waals surface area contributed by atoms with Crippen LogP contribution in [0.25, 0.3) is 11.3 Å². The molecule has 1 aromatic heterocycles. The quantitative estimate of drug-likeness (QED) is 0.902. The van der Waals surface area contributed by atoms with Crippen LogP contribution in [-0.2, 0) is 4.79 Å². The van der Waals surface area contributed by atoms with Crippen molar-refractivity contribution >= 4 is 22.4 Å². The van der Waals surface area contributed by atoms with Gasteiger partial charge in [-0.05, 0) is 38.3 Å². The number of carbonyl (C=O) groups excluding carboxylic acids is 1. The van der Waals surface area contributed by atoms with Gasteiger partial charge < -0.3 is 15.8 Å². The third-order valence-corrected chi connectivity index (χ3v) is 4.97. The van der Waals surface area contributed by atoms with Crippen LogP contribution >= 0.6 is 11.3 Å². The zero-order valence-corrected chi connectivity index (χ0v) is 14.2. The fraction of sp³-hybridized carbons (Fsp3) is 0.412. The summed E-state index contributed by atoms with van der Waals surface area (Å²) in [7, 11) is 1.65. The molecule has 1 heterocycles. The van der Waals surface area contributed by atoms with Crippen molar-refractivity contribution in [2.24, 2.45) is 11.7 Å². The minimum atomic E-state index is 0.00542. The second-order valence-corrected chi connectivity index (χ2v) is 6.86. The zero-order chi connectivity index (χ0) is 16.4. The van der Waals surface area contributed by atoms with Gasteiger partial charge in [0.2, 0.25) is 5.91 Å². The predicted octanol–water partition coefficient (Wildman–Crippen LogP) is 3.19. The van der Waals surface area contributed by atoms with E-state index in [-0.39, 0.29) is 17.9 Å². The van der Waals surface area contributed by atoms with E-state index in [0.717, 1.165) is 41.8 Å². The molecule has 1 amide bonds. The zero-order valence-electron chi connectivity index (χ0n) is 13.3. The van der Waals surface area contributed by atoms with Gasteiger partial charge in [0.05, 0.1) is 12.8 Å². The Morgan fingerprint density at radius 1 is 1.43 bits per heavy atom. The minimum Gasteiger partial charge on any atom is -0.496 e. The van der Waals surface area contributed by atoms with Crippen LogP contribution in [0.5, 0.6) is 5.75 Å². The van der Waals surface area contributed by atoms with Crippen LogP contribution in [0.2, 0.25) is 0 Å². The monoisotopic (exact) mass is 331 g/mol. The molecule has 122 valence electrons. The number of hydrogen-bond donors (Lipinski definition) is 2. The Morgan fingerprint density at radius 3 is 2.96 bits per heavy atom. The molecule has 0 bridgehead atoms. The fourth-order valence-electron chi connectivity index (χ4n) is 2.94. The Labute approximate surface area is 139 Å².